The van der Waals surface area contributed by atoms with Gasteiger partial charge in [0, 0.05) is 23.4 Å². The van der Waals surface area contributed by atoms with Crippen molar-refractivity contribution in [3.63, 3.8) is 0 Å². The molecule has 0 saturated heterocycles. The lowest BCUT2D eigenvalue weighted by Crippen LogP contribution is -2.18. The van der Waals surface area contributed by atoms with E-state index < -0.39 is 0 Å². The molecule has 0 aliphatic carbocycles. The lowest BCUT2D eigenvalue weighted by atomic mass is 10.2. The second kappa shape index (κ2) is 5.47. The van der Waals surface area contributed by atoms with Crippen LogP contribution in [0.15, 0.2) is 23.6 Å². The van der Waals surface area contributed by atoms with Gasteiger partial charge in [-0.1, -0.05) is 17.7 Å². The summed E-state index contributed by atoms with van der Waals surface area (Å²) in [4.78, 5) is 9.70. The highest BCUT2D eigenvalue weighted by Crippen LogP contribution is 2.15. The number of nitrogens with zero attached hydrogens (tertiary/aromatic N) is 2. The van der Waals surface area contributed by atoms with Gasteiger partial charge in [0.25, 0.3) is 0 Å². The molecule has 0 saturated carbocycles. The predicted molar refractivity (Wildman–Crippen MR) is 72.9 cm³/mol. The Morgan fingerprint density at radius 3 is 2.94 bits per heavy atom. The molecule has 1 atom stereocenters. The molecule has 90 valence electrons. The Balaban J connectivity index is 2.00. The summed E-state index contributed by atoms with van der Waals surface area (Å²) in [5.74, 6) is 1.47. The maximum absolute atomic E-state index is 5.89. The van der Waals surface area contributed by atoms with Crippen LogP contribution >= 0.6 is 22.9 Å². The van der Waals surface area contributed by atoms with Crippen molar-refractivity contribution >= 4 is 28.8 Å². The van der Waals surface area contributed by atoms with Gasteiger partial charge in [-0.3, -0.25) is 0 Å². The Morgan fingerprint density at radius 2 is 2.29 bits per heavy atom. The number of hydrogen-bond acceptors (Lipinski definition) is 4. The minimum absolute atomic E-state index is 0.319. The van der Waals surface area contributed by atoms with Gasteiger partial charge < -0.3 is 5.32 Å². The SMILES string of the molecule is Cc1nc(Cl)cc(NC(C)Cc2cccs2)n1. The maximum atomic E-state index is 5.89. The van der Waals surface area contributed by atoms with Gasteiger partial charge in [0.1, 0.15) is 16.8 Å². The van der Waals surface area contributed by atoms with Crippen LogP contribution in [0.5, 0.6) is 0 Å². The van der Waals surface area contributed by atoms with Crippen molar-refractivity contribution in [2.45, 2.75) is 26.3 Å². The molecule has 0 aliphatic rings. The van der Waals surface area contributed by atoms with Crippen LogP contribution in [-0.4, -0.2) is 16.0 Å². The van der Waals surface area contributed by atoms with Gasteiger partial charge >= 0.3 is 0 Å². The largest absolute Gasteiger partial charge is 0.367 e. The number of rotatable bonds is 4. The number of aryl methyl sites for hydroxylation is 1. The van der Waals surface area contributed by atoms with E-state index in [1.807, 2.05) is 6.92 Å². The summed E-state index contributed by atoms with van der Waals surface area (Å²) in [5.41, 5.74) is 0. The second-order valence-corrected chi connectivity index (χ2v) is 5.37. The first-order valence-corrected chi connectivity index (χ1v) is 6.69. The van der Waals surface area contributed by atoms with E-state index in [1.54, 1.807) is 17.4 Å². The minimum atomic E-state index is 0.319. The fraction of sp³-hybridized carbons (Fsp3) is 0.333. The Kier molecular flexibility index (Phi) is 3.97. The summed E-state index contributed by atoms with van der Waals surface area (Å²) >= 11 is 7.66. The molecule has 0 bridgehead atoms. The van der Waals surface area contributed by atoms with Crippen LogP contribution in [0.3, 0.4) is 0 Å². The van der Waals surface area contributed by atoms with Gasteiger partial charge in [0.2, 0.25) is 0 Å². The Labute approximate surface area is 110 Å². The number of hydrogen-bond donors (Lipinski definition) is 1. The van der Waals surface area contributed by atoms with E-state index in [9.17, 15) is 0 Å². The molecular formula is C12H14ClN3S. The Hall–Kier alpha value is -1.13. The first-order valence-electron chi connectivity index (χ1n) is 5.43. The molecule has 0 spiro atoms. The number of aromatic nitrogens is 2. The molecule has 2 heterocycles. The molecule has 0 aromatic carbocycles. The molecular weight excluding hydrogens is 254 g/mol. The summed E-state index contributed by atoms with van der Waals surface area (Å²) in [6.45, 7) is 3.96. The lowest BCUT2D eigenvalue weighted by molar-refractivity contribution is 0.791. The lowest BCUT2D eigenvalue weighted by Gasteiger charge is -2.13. The zero-order chi connectivity index (χ0) is 12.3. The van der Waals surface area contributed by atoms with E-state index in [0.29, 0.717) is 17.0 Å². The normalized spacial score (nSPS) is 12.4. The summed E-state index contributed by atoms with van der Waals surface area (Å²) < 4.78 is 0. The van der Waals surface area contributed by atoms with Crippen molar-refractivity contribution in [1.82, 2.24) is 9.97 Å². The standard InChI is InChI=1S/C12H14ClN3S/c1-8(6-10-4-3-5-17-10)14-12-7-11(13)15-9(2)16-12/h3-5,7-8H,6H2,1-2H3,(H,14,15,16). The Bertz CT molecular complexity index is 464. The summed E-state index contributed by atoms with van der Waals surface area (Å²) in [7, 11) is 0. The highest BCUT2D eigenvalue weighted by atomic mass is 35.5. The van der Waals surface area contributed by atoms with Gasteiger partial charge in [-0.05, 0) is 25.3 Å². The van der Waals surface area contributed by atoms with Crippen molar-refractivity contribution in [1.29, 1.82) is 0 Å². The zero-order valence-electron chi connectivity index (χ0n) is 9.77. The summed E-state index contributed by atoms with van der Waals surface area (Å²) in [5, 5.41) is 5.90. The molecule has 3 nitrogen and oxygen atoms in total. The summed E-state index contributed by atoms with van der Waals surface area (Å²) in [6, 6.07) is 6.28. The van der Waals surface area contributed by atoms with Crippen molar-refractivity contribution in [3.8, 4) is 0 Å². The fourth-order valence-electron chi connectivity index (χ4n) is 1.64. The molecule has 0 amide bonds. The number of halogens is 1. The van der Waals surface area contributed by atoms with E-state index in [0.717, 1.165) is 12.2 Å². The van der Waals surface area contributed by atoms with E-state index in [2.05, 4.69) is 39.7 Å². The first kappa shape index (κ1) is 12.3. The monoisotopic (exact) mass is 267 g/mol. The van der Waals surface area contributed by atoms with Crippen LogP contribution in [-0.2, 0) is 6.42 Å². The molecule has 5 heteroatoms. The molecule has 17 heavy (non-hydrogen) atoms. The Morgan fingerprint density at radius 1 is 1.47 bits per heavy atom. The van der Waals surface area contributed by atoms with Gasteiger partial charge in [0.15, 0.2) is 0 Å². The average molecular weight is 268 g/mol. The first-order chi connectivity index (χ1) is 8.13. The van der Waals surface area contributed by atoms with Crippen molar-refractivity contribution in [3.05, 3.63) is 39.4 Å². The van der Waals surface area contributed by atoms with E-state index in [1.165, 1.54) is 4.88 Å². The second-order valence-electron chi connectivity index (χ2n) is 3.95. The highest BCUT2D eigenvalue weighted by Gasteiger charge is 2.06. The van der Waals surface area contributed by atoms with Crippen LogP contribution in [0.4, 0.5) is 5.82 Å². The predicted octanol–water partition coefficient (Wildman–Crippen LogP) is 3.54. The molecule has 2 aromatic rings. The fourth-order valence-corrected chi connectivity index (χ4v) is 2.70. The number of thiophene rings is 1. The molecule has 0 fully saturated rings. The average Bonchev–Trinajstić information content (AvgIpc) is 2.67. The highest BCUT2D eigenvalue weighted by molar-refractivity contribution is 7.09. The van der Waals surface area contributed by atoms with Gasteiger partial charge in [-0.2, -0.15) is 0 Å². The van der Waals surface area contributed by atoms with Crippen LogP contribution in [0.1, 0.15) is 17.6 Å². The third-order valence-corrected chi connectivity index (χ3v) is 3.38. The molecule has 0 aliphatic heterocycles. The molecule has 2 rings (SSSR count). The van der Waals surface area contributed by atoms with Crippen LogP contribution < -0.4 is 5.32 Å². The topological polar surface area (TPSA) is 37.8 Å². The molecule has 2 aromatic heterocycles. The zero-order valence-corrected chi connectivity index (χ0v) is 11.3. The summed E-state index contributed by atoms with van der Waals surface area (Å²) in [6.07, 6.45) is 0.984. The van der Waals surface area contributed by atoms with E-state index in [-0.39, 0.29) is 0 Å². The van der Waals surface area contributed by atoms with Crippen molar-refractivity contribution < 1.29 is 0 Å². The molecule has 1 N–H and O–H groups in total. The van der Waals surface area contributed by atoms with Crippen LogP contribution in [0.2, 0.25) is 5.15 Å². The van der Waals surface area contributed by atoms with E-state index >= 15 is 0 Å². The van der Waals surface area contributed by atoms with Crippen LogP contribution in [0.25, 0.3) is 0 Å². The number of nitrogens with one attached hydrogen (secondary N) is 1. The van der Waals surface area contributed by atoms with Crippen LogP contribution in [0, 0.1) is 6.92 Å². The van der Waals surface area contributed by atoms with Gasteiger partial charge in [-0.25, -0.2) is 9.97 Å². The van der Waals surface area contributed by atoms with Crippen molar-refractivity contribution in [2.24, 2.45) is 0 Å². The van der Waals surface area contributed by atoms with Gasteiger partial charge in [-0.15, -0.1) is 11.3 Å². The third-order valence-electron chi connectivity index (χ3n) is 2.29. The maximum Gasteiger partial charge on any atom is 0.134 e. The minimum Gasteiger partial charge on any atom is -0.367 e. The van der Waals surface area contributed by atoms with Gasteiger partial charge in [0.05, 0.1) is 0 Å². The number of anilines is 1. The molecule has 1 unspecified atom stereocenters. The molecule has 0 radical (unpaired) electrons. The quantitative estimate of drug-likeness (QED) is 0.861. The van der Waals surface area contributed by atoms with Crippen molar-refractivity contribution in [2.75, 3.05) is 5.32 Å². The smallest absolute Gasteiger partial charge is 0.134 e. The van der Waals surface area contributed by atoms with E-state index in [4.69, 9.17) is 11.6 Å². The third kappa shape index (κ3) is 3.68.